The summed E-state index contributed by atoms with van der Waals surface area (Å²) in [6.07, 6.45) is 4.08. The zero-order valence-corrected chi connectivity index (χ0v) is 20.3. The van der Waals surface area contributed by atoms with Crippen LogP contribution in [0, 0.1) is 0 Å². The third kappa shape index (κ3) is 11.1. The Kier molecular flexibility index (Phi) is 12.5. The number of amides is 1. The Bertz CT molecular complexity index is 583. The highest BCUT2D eigenvalue weighted by Crippen LogP contribution is 2.15. The van der Waals surface area contributed by atoms with Gasteiger partial charge in [-0.3, -0.25) is 9.69 Å². The van der Waals surface area contributed by atoms with Crippen LogP contribution >= 0.6 is 24.0 Å². The van der Waals surface area contributed by atoms with E-state index in [1.807, 2.05) is 6.92 Å². The highest BCUT2D eigenvalue weighted by molar-refractivity contribution is 14.0. The molecule has 2 N–H and O–H groups in total. The Morgan fingerprint density at radius 3 is 2.59 bits per heavy atom. The summed E-state index contributed by atoms with van der Waals surface area (Å²) in [7, 11) is 0.403. The SMILES string of the molecule is CCN1CCCC1CNC(=NCC(=O)N(C)C)NC(C)CCS(C)(=O)=O.I. The van der Waals surface area contributed by atoms with Crippen molar-refractivity contribution in [2.24, 2.45) is 4.99 Å². The predicted octanol–water partition coefficient (Wildman–Crippen LogP) is 0.535. The van der Waals surface area contributed by atoms with Crippen LogP contribution in [-0.4, -0.2) is 94.5 Å². The third-order valence-corrected chi connectivity index (χ3v) is 5.56. The first-order valence-electron chi connectivity index (χ1n) is 9.29. The zero-order valence-electron chi connectivity index (χ0n) is 17.2. The fourth-order valence-corrected chi connectivity index (χ4v) is 3.68. The molecule has 160 valence electrons. The quantitative estimate of drug-likeness (QED) is 0.264. The topological polar surface area (TPSA) is 94.1 Å². The van der Waals surface area contributed by atoms with Gasteiger partial charge in [-0.15, -0.1) is 24.0 Å². The Hall–Kier alpha value is -0.620. The molecule has 0 radical (unpaired) electrons. The lowest BCUT2D eigenvalue weighted by atomic mass is 10.2. The Labute approximate surface area is 181 Å². The van der Waals surface area contributed by atoms with Gasteiger partial charge in [-0.2, -0.15) is 0 Å². The zero-order chi connectivity index (χ0) is 19.7. The smallest absolute Gasteiger partial charge is 0.243 e. The molecule has 1 aliphatic rings. The van der Waals surface area contributed by atoms with Crippen molar-refractivity contribution in [3.63, 3.8) is 0 Å². The van der Waals surface area contributed by atoms with Crippen molar-refractivity contribution in [1.29, 1.82) is 0 Å². The van der Waals surface area contributed by atoms with Crippen molar-refractivity contribution < 1.29 is 13.2 Å². The Morgan fingerprint density at radius 2 is 2.04 bits per heavy atom. The van der Waals surface area contributed by atoms with Crippen molar-refractivity contribution >= 4 is 45.7 Å². The van der Waals surface area contributed by atoms with E-state index < -0.39 is 9.84 Å². The average molecular weight is 517 g/mol. The van der Waals surface area contributed by atoms with E-state index in [9.17, 15) is 13.2 Å². The van der Waals surface area contributed by atoms with E-state index in [1.165, 1.54) is 17.6 Å². The van der Waals surface area contributed by atoms with E-state index in [0.717, 1.165) is 26.1 Å². The lowest BCUT2D eigenvalue weighted by Crippen LogP contribution is -2.48. The minimum absolute atomic E-state index is 0. The number of aliphatic imine (C=N–C) groups is 1. The maximum absolute atomic E-state index is 11.8. The van der Waals surface area contributed by atoms with Gasteiger partial charge in [0.1, 0.15) is 16.4 Å². The molecule has 27 heavy (non-hydrogen) atoms. The standard InChI is InChI=1S/C17H35N5O3S.HI/c1-6-22-10-7-8-15(22)12-18-17(19-13-16(23)21(3)4)20-14(2)9-11-26(5,24)25;/h14-15H,6-13H2,1-5H3,(H2,18,19,20);1H. The molecule has 1 amide bonds. The third-order valence-electron chi connectivity index (χ3n) is 4.59. The number of rotatable bonds is 9. The normalized spacial score (nSPS) is 19.3. The number of hydrogen-bond acceptors (Lipinski definition) is 5. The first-order chi connectivity index (χ1) is 12.1. The van der Waals surface area contributed by atoms with Crippen molar-refractivity contribution in [3.05, 3.63) is 0 Å². The molecule has 2 atom stereocenters. The maximum Gasteiger partial charge on any atom is 0.243 e. The van der Waals surface area contributed by atoms with Gasteiger partial charge in [0.2, 0.25) is 5.91 Å². The van der Waals surface area contributed by atoms with Gasteiger partial charge in [-0.05, 0) is 39.3 Å². The van der Waals surface area contributed by atoms with Crippen LogP contribution in [0.4, 0.5) is 0 Å². The van der Waals surface area contributed by atoms with Crippen molar-refractivity contribution in [2.75, 3.05) is 52.3 Å². The number of nitrogens with zero attached hydrogens (tertiary/aromatic N) is 3. The molecule has 0 bridgehead atoms. The minimum atomic E-state index is -3.00. The molecule has 0 aromatic carbocycles. The minimum Gasteiger partial charge on any atom is -0.355 e. The van der Waals surface area contributed by atoms with E-state index in [-0.39, 0.29) is 48.2 Å². The summed E-state index contributed by atoms with van der Waals surface area (Å²) >= 11 is 0. The van der Waals surface area contributed by atoms with Crippen molar-refractivity contribution in [2.45, 2.75) is 45.2 Å². The van der Waals surface area contributed by atoms with E-state index in [2.05, 4.69) is 27.4 Å². The summed E-state index contributed by atoms with van der Waals surface area (Å²) < 4.78 is 22.7. The average Bonchev–Trinajstić information content (AvgIpc) is 3.01. The van der Waals surface area contributed by atoms with Crippen LogP contribution in [0.15, 0.2) is 4.99 Å². The predicted molar refractivity (Wildman–Crippen MR) is 122 cm³/mol. The summed E-state index contributed by atoms with van der Waals surface area (Å²) in [6, 6.07) is 0.402. The van der Waals surface area contributed by atoms with Gasteiger partial charge in [0.25, 0.3) is 0 Å². The second kappa shape index (κ2) is 12.8. The van der Waals surface area contributed by atoms with Gasteiger partial charge < -0.3 is 15.5 Å². The van der Waals surface area contributed by atoms with Gasteiger partial charge in [-0.25, -0.2) is 13.4 Å². The number of nitrogens with one attached hydrogen (secondary N) is 2. The summed E-state index contributed by atoms with van der Waals surface area (Å²) in [5.41, 5.74) is 0. The highest BCUT2D eigenvalue weighted by atomic mass is 127. The molecule has 2 unspecified atom stereocenters. The van der Waals surface area contributed by atoms with Gasteiger partial charge in [0, 0.05) is 39.0 Å². The van der Waals surface area contributed by atoms with E-state index in [4.69, 9.17) is 0 Å². The van der Waals surface area contributed by atoms with Gasteiger partial charge >= 0.3 is 0 Å². The lowest BCUT2D eigenvalue weighted by molar-refractivity contribution is -0.127. The van der Waals surface area contributed by atoms with Crippen LogP contribution in [0.25, 0.3) is 0 Å². The summed E-state index contributed by atoms with van der Waals surface area (Å²) in [5.74, 6) is 0.604. The fourth-order valence-electron chi connectivity index (χ4n) is 2.89. The number of carbonyl (C=O) groups is 1. The first kappa shape index (κ1) is 26.4. The number of guanidine groups is 1. The molecule has 1 rings (SSSR count). The molecule has 8 nitrogen and oxygen atoms in total. The van der Waals surface area contributed by atoms with Gasteiger partial charge in [0.05, 0.1) is 5.75 Å². The molecule has 1 heterocycles. The molecular weight excluding hydrogens is 481 g/mol. The van der Waals surface area contributed by atoms with Crippen LogP contribution in [0.1, 0.15) is 33.1 Å². The van der Waals surface area contributed by atoms with Gasteiger partial charge in [0.15, 0.2) is 5.96 Å². The molecular formula is C17H36IN5O3S. The van der Waals surface area contributed by atoms with Gasteiger partial charge in [-0.1, -0.05) is 6.92 Å². The Balaban J connectivity index is 0.00000676. The molecule has 1 saturated heterocycles. The second-order valence-electron chi connectivity index (χ2n) is 7.22. The summed E-state index contributed by atoms with van der Waals surface area (Å²) in [4.78, 5) is 20.1. The van der Waals surface area contributed by atoms with E-state index in [0.29, 0.717) is 18.4 Å². The Morgan fingerprint density at radius 1 is 1.37 bits per heavy atom. The van der Waals surface area contributed by atoms with E-state index >= 15 is 0 Å². The number of hydrogen-bond donors (Lipinski definition) is 2. The van der Waals surface area contributed by atoms with Crippen molar-refractivity contribution in [1.82, 2.24) is 20.4 Å². The van der Waals surface area contributed by atoms with Crippen LogP contribution in [0.2, 0.25) is 0 Å². The number of likely N-dealkylation sites (tertiary alicyclic amines) is 1. The molecule has 0 aromatic rings. The molecule has 0 spiro atoms. The highest BCUT2D eigenvalue weighted by Gasteiger charge is 2.23. The summed E-state index contributed by atoms with van der Waals surface area (Å²) in [5, 5.41) is 6.55. The molecule has 1 fully saturated rings. The van der Waals surface area contributed by atoms with Crippen molar-refractivity contribution in [3.8, 4) is 0 Å². The van der Waals surface area contributed by atoms with Crippen LogP contribution in [0.5, 0.6) is 0 Å². The summed E-state index contributed by atoms with van der Waals surface area (Å²) in [6.45, 7) is 7.04. The number of halogens is 1. The molecule has 0 aliphatic carbocycles. The number of likely N-dealkylation sites (N-methyl/N-ethyl adjacent to an activating group) is 2. The van der Waals surface area contributed by atoms with E-state index in [1.54, 1.807) is 14.1 Å². The van der Waals surface area contributed by atoms with Crippen LogP contribution in [0.3, 0.4) is 0 Å². The van der Waals surface area contributed by atoms with Crippen LogP contribution in [-0.2, 0) is 14.6 Å². The molecule has 10 heteroatoms. The largest absolute Gasteiger partial charge is 0.355 e. The first-order valence-corrected chi connectivity index (χ1v) is 11.3. The maximum atomic E-state index is 11.8. The fraction of sp³-hybridized carbons (Fsp3) is 0.882. The molecule has 0 saturated carbocycles. The molecule has 1 aliphatic heterocycles. The second-order valence-corrected chi connectivity index (χ2v) is 9.48. The number of carbonyl (C=O) groups excluding carboxylic acids is 1. The molecule has 0 aromatic heterocycles. The number of sulfone groups is 1. The monoisotopic (exact) mass is 517 g/mol. The van der Waals surface area contributed by atoms with Crippen LogP contribution < -0.4 is 10.6 Å². The lowest BCUT2D eigenvalue weighted by Gasteiger charge is -2.25.